The predicted octanol–water partition coefficient (Wildman–Crippen LogP) is 2.94. The van der Waals surface area contributed by atoms with Crippen molar-refractivity contribution < 1.29 is 17.7 Å². The van der Waals surface area contributed by atoms with Crippen LogP contribution in [-0.2, 0) is 10.0 Å². The highest BCUT2D eigenvalue weighted by atomic mass is 32.2. The van der Waals surface area contributed by atoms with Crippen molar-refractivity contribution in [1.82, 2.24) is 19.9 Å². The van der Waals surface area contributed by atoms with E-state index in [1.54, 1.807) is 29.2 Å². The Morgan fingerprint density at radius 3 is 2.27 bits per heavy atom. The maximum Gasteiger partial charge on any atom is 0.253 e. The maximum absolute atomic E-state index is 12.9. The quantitative estimate of drug-likeness (QED) is 0.591. The van der Waals surface area contributed by atoms with E-state index in [0.29, 0.717) is 49.1 Å². The van der Waals surface area contributed by atoms with Crippen molar-refractivity contribution in [3.63, 3.8) is 0 Å². The molecule has 10 heteroatoms. The number of aromatic nitrogens is 2. The molecule has 174 valence electrons. The smallest absolute Gasteiger partial charge is 0.253 e. The number of nitrogens with zero attached hydrogens (tertiary/aromatic N) is 4. The molecule has 0 radical (unpaired) electrons. The first-order valence-corrected chi connectivity index (χ1v) is 12.6. The zero-order valence-electron chi connectivity index (χ0n) is 18.9. The van der Waals surface area contributed by atoms with E-state index in [9.17, 15) is 13.2 Å². The molecular weight excluding hydrogens is 442 g/mol. The predicted molar refractivity (Wildman–Crippen MR) is 125 cm³/mol. The van der Waals surface area contributed by atoms with Crippen molar-refractivity contribution in [2.75, 3.05) is 37.2 Å². The van der Waals surface area contributed by atoms with Gasteiger partial charge in [-0.1, -0.05) is 35.0 Å². The number of piperazine rings is 1. The van der Waals surface area contributed by atoms with Crippen molar-refractivity contribution in [2.45, 2.75) is 19.9 Å². The highest BCUT2D eigenvalue weighted by molar-refractivity contribution is 7.92. The normalized spacial score (nSPS) is 15.9. The number of aryl methyl sites for hydroxylation is 1. The fraction of sp³-hybridized carbons (Fsp3) is 0.348. The van der Waals surface area contributed by atoms with E-state index in [1.165, 1.54) is 5.56 Å². The number of benzene rings is 2. The van der Waals surface area contributed by atoms with Crippen LogP contribution >= 0.6 is 0 Å². The molecule has 1 saturated heterocycles. The molecule has 9 nitrogen and oxygen atoms in total. The minimum absolute atomic E-state index is 0.0599. The minimum atomic E-state index is -3.35. The number of anilines is 1. The molecule has 0 spiro atoms. The summed E-state index contributed by atoms with van der Waals surface area (Å²) in [5.41, 5.74) is 3.04. The highest BCUT2D eigenvalue weighted by Crippen LogP contribution is 2.24. The molecule has 1 amide bonds. The number of carbonyl (C=O) groups is 1. The van der Waals surface area contributed by atoms with Crippen LogP contribution in [0.15, 0.2) is 53.1 Å². The Balaban J connectivity index is 1.34. The van der Waals surface area contributed by atoms with Crippen molar-refractivity contribution >= 4 is 21.6 Å². The molecule has 33 heavy (non-hydrogen) atoms. The second kappa shape index (κ2) is 9.32. The maximum atomic E-state index is 12.9. The number of rotatable bonds is 6. The first kappa shape index (κ1) is 22.9. The number of sulfonamides is 1. The van der Waals surface area contributed by atoms with E-state index < -0.39 is 10.0 Å². The third kappa shape index (κ3) is 5.58. The van der Waals surface area contributed by atoms with Gasteiger partial charge in [-0.2, -0.15) is 4.98 Å². The van der Waals surface area contributed by atoms with Gasteiger partial charge in [0.05, 0.1) is 12.3 Å². The Labute approximate surface area is 193 Å². The summed E-state index contributed by atoms with van der Waals surface area (Å²) in [6.45, 7) is 6.57. The summed E-state index contributed by atoms with van der Waals surface area (Å²) in [5.74, 6) is 1.05. The number of carbonyl (C=O) groups excluding carboxylic acids is 1. The zero-order valence-corrected chi connectivity index (χ0v) is 19.7. The summed E-state index contributed by atoms with van der Waals surface area (Å²) in [6.07, 6.45) is 1.09. The Kier molecular flexibility index (Phi) is 6.48. The van der Waals surface area contributed by atoms with Crippen LogP contribution in [0.3, 0.4) is 0 Å². The van der Waals surface area contributed by atoms with Gasteiger partial charge in [-0.05, 0) is 38.1 Å². The number of amides is 1. The summed E-state index contributed by atoms with van der Waals surface area (Å²) in [6, 6.07) is 14.4. The van der Waals surface area contributed by atoms with Crippen molar-refractivity contribution in [1.29, 1.82) is 0 Å². The van der Waals surface area contributed by atoms with Crippen LogP contribution in [0.5, 0.6) is 0 Å². The van der Waals surface area contributed by atoms with Gasteiger partial charge in [-0.25, -0.2) is 8.42 Å². The number of nitrogens with one attached hydrogen (secondary N) is 1. The fourth-order valence-corrected chi connectivity index (χ4v) is 4.34. The molecule has 0 bridgehead atoms. The van der Waals surface area contributed by atoms with Crippen LogP contribution in [0.1, 0.15) is 34.8 Å². The molecule has 1 atom stereocenters. The Hall–Kier alpha value is -3.24. The average molecular weight is 470 g/mol. The second-order valence-electron chi connectivity index (χ2n) is 8.28. The van der Waals surface area contributed by atoms with E-state index in [1.807, 2.05) is 38.1 Å². The Morgan fingerprint density at radius 1 is 1.03 bits per heavy atom. The van der Waals surface area contributed by atoms with Gasteiger partial charge in [0.15, 0.2) is 0 Å². The monoisotopic (exact) mass is 469 g/mol. The lowest BCUT2D eigenvalue weighted by molar-refractivity contribution is 0.0551. The standard InChI is InChI=1S/C23H27N5O4S/c1-16-4-6-18(7-5-16)21-24-22(32-25-21)17(2)27-12-14-28(15-13-27)23(29)19-8-10-20(11-9-19)26-33(3,30)31/h4-11,17,26H,12-15H2,1-3H3/t17-/m1/s1. The van der Waals surface area contributed by atoms with E-state index in [0.717, 1.165) is 11.8 Å². The minimum Gasteiger partial charge on any atom is -0.337 e. The summed E-state index contributed by atoms with van der Waals surface area (Å²) >= 11 is 0. The molecule has 1 aliphatic heterocycles. The molecule has 0 aliphatic carbocycles. The SMILES string of the molecule is Cc1ccc(-c2noc([C@@H](C)N3CCN(C(=O)c4ccc(NS(C)(=O)=O)cc4)CC3)n2)cc1. The molecule has 3 aromatic rings. The largest absolute Gasteiger partial charge is 0.337 e. The van der Waals surface area contributed by atoms with Gasteiger partial charge in [0.2, 0.25) is 21.7 Å². The number of hydrogen-bond acceptors (Lipinski definition) is 7. The van der Waals surface area contributed by atoms with Gasteiger partial charge < -0.3 is 9.42 Å². The first-order valence-electron chi connectivity index (χ1n) is 10.7. The number of hydrogen-bond donors (Lipinski definition) is 1. The second-order valence-corrected chi connectivity index (χ2v) is 10.0. The van der Waals surface area contributed by atoms with Gasteiger partial charge in [-0.3, -0.25) is 14.4 Å². The average Bonchev–Trinajstić information content (AvgIpc) is 3.28. The van der Waals surface area contributed by atoms with Crippen LogP contribution in [0.2, 0.25) is 0 Å². The third-order valence-corrected chi connectivity index (χ3v) is 6.30. The molecule has 0 unspecified atom stereocenters. The van der Waals surface area contributed by atoms with Crippen LogP contribution in [0, 0.1) is 6.92 Å². The highest BCUT2D eigenvalue weighted by Gasteiger charge is 2.28. The van der Waals surface area contributed by atoms with E-state index in [2.05, 4.69) is 19.8 Å². The van der Waals surface area contributed by atoms with Crippen LogP contribution in [0.4, 0.5) is 5.69 Å². The van der Waals surface area contributed by atoms with Gasteiger partial charge in [-0.15, -0.1) is 0 Å². The van der Waals surface area contributed by atoms with Crippen molar-refractivity contribution in [3.8, 4) is 11.4 Å². The zero-order chi connectivity index (χ0) is 23.6. The molecule has 4 rings (SSSR count). The van der Waals surface area contributed by atoms with Gasteiger partial charge in [0, 0.05) is 43.0 Å². The molecule has 2 aromatic carbocycles. The van der Waals surface area contributed by atoms with Gasteiger partial charge in [0.25, 0.3) is 5.91 Å². The summed E-state index contributed by atoms with van der Waals surface area (Å²) in [4.78, 5) is 21.4. The molecule has 1 N–H and O–H groups in total. The molecule has 1 aromatic heterocycles. The summed E-state index contributed by atoms with van der Waals surface area (Å²) in [5, 5.41) is 4.12. The van der Waals surface area contributed by atoms with E-state index in [4.69, 9.17) is 4.52 Å². The fourth-order valence-electron chi connectivity index (χ4n) is 3.77. The Bertz CT molecular complexity index is 1210. The molecular formula is C23H27N5O4S. The van der Waals surface area contributed by atoms with Gasteiger partial charge in [0.1, 0.15) is 0 Å². The first-order chi connectivity index (χ1) is 15.7. The van der Waals surface area contributed by atoms with Crippen molar-refractivity contribution in [2.24, 2.45) is 0 Å². The van der Waals surface area contributed by atoms with E-state index in [-0.39, 0.29) is 11.9 Å². The lowest BCUT2D eigenvalue weighted by atomic mass is 10.1. The lowest BCUT2D eigenvalue weighted by Gasteiger charge is -2.36. The topological polar surface area (TPSA) is 109 Å². The van der Waals surface area contributed by atoms with Crippen LogP contribution < -0.4 is 4.72 Å². The van der Waals surface area contributed by atoms with Crippen LogP contribution in [0.25, 0.3) is 11.4 Å². The third-order valence-electron chi connectivity index (χ3n) is 5.69. The lowest BCUT2D eigenvalue weighted by Crippen LogP contribution is -2.49. The van der Waals surface area contributed by atoms with Crippen LogP contribution in [-0.4, -0.2) is 66.7 Å². The van der Waals surface area contributed by atoms with Crippen molar-refractivity contribution in [3.05, 3.63) is 65.5 Å². The summed E-state index contributed by atoms with van der Waals surface area (Å²) < 4.78 is 30.6. The summed E-state index contributed by atoms with van der Waals surface area (Å²) in [7, 11) is -3.35. The van der Waals surface area contributed by atoms with Gasteiger partial charge >= 0.3 is 0 Å². The molecule has 1 aliphatic rings. The molecule has 2 heterocycles. The Morgan fingerprint density at radius 2 is 1.67 bits per heavy atom. The van der Waals surface area contributed by atoms with E-state index >= 15 is 0 Å². The molecule has 1 fully saturated rings. The molecule has 0 saturated carbocycles.